The van der Waals surface area contributed by atoms with Gasteiger partial charge in [0.25, 0.3) is 0 Å². The zero-order chi connectivity index (χ0) is 16.3. The molecule has 0 saturated heterocycles. The van der Waals surface area contributed by atoms with Crippen LogP contribution in [0, 0.1) is 19.7 Å². The highest BCUT2D eigenvalue weighted by Gasteiger charge is 2.17. The summed E-state index contributed by atoms with van der Waals surface area (Å²) in [7, 11) is 1.37. The molecule has 0 aliphatic heterocycles. The van der Waals surface area contributed by atoms with Crippen molar-refractivity contribution in [2.24, 2.45) is 0 Å². The molecule has 2 rings (SSSR count). The van der Waals surface area contributed by atoms with Crippen LogP contribution in [0.5, 0.6) is 5.75 Å². The summed E-state index contributed by atoms with van der Waals surface area (Å²) in [6.07, 6.45) is 0. The van der Waals surface area contributed by atoms with Gasteiger partial charge in [-0.3, -0.25) is 0 Å². The molecule has 0 unspecified atom stereocenters. The van der Waals surface area contributed by atoms with Gasteiger partial charge in [0, 0.05) is 6.07 Å². The van der Waals surface area contributed by atoms with Gasteiger partial charge >= 0.3 is 11.6 Å². The minimum absolute atomic E-state index is 0.0995. The van der Waals surface area contributed by atoms with E-state index >= 15 is 0 Å². The van der Waals surface area contributed by atoms with Crippen molar-refractivity contribution in [3.63, 3.8) is 0 Å². The first kappa shape index (κ1) is 15.8. The summed E-state index contributed by atoms with van der Waals surface area (Å²) in [6.45, 7) is 3.03. The Morgan fingerprint density at radius 2 is 2.00 bits per heavy atom. The van der Waals surface area contributed by atoms with Gasteiger partial charge in [-0.2, -0.15) is 0 Å². The lowest BCUT2D eigenvalue weighted by Gasteiger charge is -2.09. The van der Waals surface area contributed by atoms with E-state index in [1.165, 1.54) is 32.2 Å². The van der Waals surface area contributed by atoms with Crippen LogP contribution in [0.2, 0.25) is 0 Å². The Morgan fingerprint density at radius 1 is 1.27 bits per heavy atom. The molecule has 6 heteroatoms. The molecule has 0 N–H and O–H groups in total. The third-order valence-corrected chi connectivity index (χ3v) is 3.12. The summed E-state index contributed by atoms with van der Waals surface area (Å²) >= 11 is 0. The minimum Gasteiger partial charge on any atom is -0.494 e. The molecule has 1 heterocycles. The number of hydrogen-bond donors (Lipinski definition) is 0. The third-order valence-electron chi connectivity index (χ3n) is 3.12. The van der Waals surface area contributed by atoms with Gasteiger partial charge in [0.15, 0.2) is 11.6 Å². The van der Waals surface area contributed by atoms with E-state index in [1.807, 2.05) is 0 Å². The summed E-state index contributed by atoms with van der Waals surface area (Å²) in [5, 5.41) is 0. The molecular formula is C16H15FO5. The van der Waals surface area contributed by atoms with E-state index in [-0.39, 0.29) is 23.7 Å². The van der Waals surface area contributed by atoms with E-state index in [1.54, 1.807) is 13.0 Å². The Morgan fingerprint density at radius 3 is 2.59 bits per heavy atom. The second kappa shape index (κ2) is 6.43. The third kappa shape index (κ3) is 3.33. The molecule has 0 spiro atoms. The van der Waals surface area contributed by atoms with Crippen LogP contribution < -0.4 is 10.4 Å². The molecule has 0 saturated carbocycles. The number of methoxy groups -OCH3 is 1. The van der Waals surface area contributed by atoms with Crippen molar-refractivity contribution in [3.8, 4) is 5.75 Å². The summed E-state index contributed by atoms with van der Waals surface area (Å²) in [5.74, 6) is -0.855. The second-order valence-corrected chi connectivity index (χ2v) is 4.72. The standard InChI is InChI=1S/C16H15FO5/c1-9-6-14(18)22-10(2)15(9)16(19)21-8-11-4-5-13(20-3)12(17)7-11/h4-7H,8H2,1-3H3. The fraction of sp³-hybridized carbons (Fsp3) is 0.250. The molecule has 0 aliphatic rings. The molecular weight excluding hydrogens is 291 g/mol. The SMILES string of the molecule is COc1ccc(COC(=O)c2c(C)cc(=O)oc2C)cc1F. The highest BCUT2D eigenvalue weighted by molar-refractivity contribution is 5.91. The quantitative estimate of drug-likeness (QED) is 0.813. The lowest BCUT2D eigenvalue weighted by Crippen LogP contribution is -2.12. The van der Waals surface area contributed by atoms with Crippen LogP contribution >= 0.6 is 0 Å². The monoisotopic (exact) mass is 306 g/mol. The van der Waals surface area contributed by atoms with Gasteiger partial charge in [0.1, 0.15) is 17.9 Å². The summed E-state index contributed by atoms with van der Waals surface area (Å²) < 4.78 is 28.4. The van der Waals surface area contributed by atoms with Crippen molar-refractivity contribution < 1.29 is 23.1 Å². The van der Waals surface area contributed by atoms with Crippen molar-refractivity contribution >= 4 is 5.97 Å². The van der Waals surface area contributed by atoms with Gasteiger partial charge in [0.05, 0.1) is 7.11 Å². The van der Waals surface area contributed by atoms with E-state index in [0.717, 1.165) is 0 Å². The van der Waals surface area contributed by atoms with Crippen LogP contribution in [-0.4, -0.2) is 13.1 Å². The van der Waals surface area contributed by atoms with Gasteiger partial charge < -0.3 is 13.9 Å². The fourth-order valence-corrected chi connectivity index (χ4v) is 2.08. The van der Waals surface area contributed by atoms with Crippen LogP contribution in [0.3, 0.4) is 0 Å². The molecule has 0 radical (unpaired) electrons. The van der Waals surface area contributed by atoms with Crippen molar-refractivity contribution in [1.82, 2.24) is 0 Å². The van der Waals surface area contributed by atoms with Crippen LogP contribution in [0.4, 0.5) is 4.39 Å². The van der Waals surface area contributed by atoms with Crippen LogP contribution in [0.25, 0.3) is 0 Å². The van der Waals surface area contributed by atoms with Crippen molar-refractivity contribution in [2.75, 3.05) is 7.11 Å². The summed E-state index contributed by atoms with van der Waals surface area (Å²) in [4.78, 5) is 23.3. The lowest BCUT2D eigenvalue weighted by atomic mass is 10.1. The number of hydrogen-bond acceptors (Lipinski definition) is 5. The van der Waals surface area contributed by atoms with E-state index in [9.17, 15) is 14.0 Å². The predicted octanol–water partition coefficient (Wildman–Crippen LogP) is 2.76. The zero-order valence-corrected chi connectivity index (χ0v) is 12.4. The van der Waals surface area contributed by atoms with E-state index in [2.05, 4.69) is 0 Å². The number of carbonyl (C=O) groups is 1. The molecule has 22 heavy (non-hydrogen) atoms. The molecule has 1 aromatic heterocycles. The van der Waals surface area contributed by atoms with Gasteiger partial charge in [-0.25, -0.2) is 14.0 Å². The van der Waals surface area contributed by atoms with Crippen molar-refractivity contribution in [2.45, 2.75) is 20.5 Å². The molecule has 0 fully saturated rings. The van der Waals surface area contributed by atoms with E-state index < -0.39 is 17.4 Å². The smallest absolute Gasteiger partial charge is 0.342 e. The topological polar surface area (TPSA) is 65.7 Å². The number of benzene rings is 1. The van der Waals surface area contributed by atoms with Crippen LogP contribution in [0.15, 0.2) is 33.5 Å². The fourth-order valence-electron chi connectivity index (χ4n) is 2.08. The zero-order valence-electron chi connectivity index (χ0n) is 12.4. The molecule has 0 atom stereocenters. The number of ether oxygens (including phenoxy) is 2. The van der Waals surface area contributed by atoms with Crippen LogP contribution in [-0.2, 0) is 11.3 Å². The average Bonchev–Trinajstić information content (AvgIpc) is 2.44. The Kier molecular flexibility index (Phi) is 4.60. The average molecular weight is 306 g/mol. The Hall–Kier alpha value is -2.63. The molecule has 2 aromatic rings. The van der Waals surface area contributed by atoms with Gasteiger partial charge in [-0.05, 0) is 37.1 Å². The van der Waals surface area contributed by atoms with Crippen molar-refractivity contribution in [3.05, 3.63) is 63.0 Å². The minimum atomic E-state index is -0.630. The maximum absolute atomic E-state index is 13.6. The molecule has 0 amide bonds. The number of esters is 1. The summed E-state index contributed by atoms with van der Waals surface area (Å²) in [6, 6.07) is 5.50. The van der Waals surface area contributed by atoms with Gasteiger partial charge in [-0.15, -0.1) is 0 Å². The Labute approximate surface area is 126 Å². The lowest BCUT2D eigenvalue weighted by molar-refractivity contribution is 0.0466. The predicted molar refractivity (Wildman–Crippen MR) is 76.5 cm³/mol. The van der Waals surface area contributed by atoms with Gasteiger partial charge in [0.2, 0.25) is 0 Å². The number of rotatable bonds is 4. The first-order chi connectivity index (χ1) is 10.4. The number of aryl methyl sites for hydroxylation is 2. The summed E-state index contributed by atoms with van der Waals surface area (Å²) in [5.41, 5.74) is 0.636. The second-order valence-electron chi connectivity index (χ2n) is 4.72. The molecule has 5 nitrogen and oxygen atoms in total. The largest absolute Gasteiger partial charge is 0.494 e. The van der Waals surface area contributed by atoms with E-state index in [4.69, 9.17) is 13.9 Å². The number of halogens is 1. The normalized spacial score (nSPS) is 10.4. The highest BCUT2D eigenvalue weighted by Crippen LogP contribution is 2.19. The maximum atomic E-state index is 13.6. The Bertz CT molecular complexity index is 737. The van der Waals surface area contributed by atoms with Gasteiger partial charge in [-0.1, -0.05) is 6.07 Å². The molecule has 116 valence electrons. The van der Waals surface area contributed by atoms with Crippen LogP contribution in [0.1, 0.15) is 27.2 Å². The Balaban J connectivity index is 2.14. The number of carbonyl (C=O) groups excluding carboxylic acids is 1. The van der Waals surface area contributed by atoms with E-state index in [0.29, 0.717) is 11.1 Å². The molecule has 0 aliphatic carbocycles. The first-order valence-electron chi connectivity index (χ1n) is 6.53. The maximum Gasteiger partial charge on any atom is 0.342 e. The van der Waals surface area contributed by atoms with Crippen molar-refractivity contribution in [1.29, 1.82) is 0 Å². The molecule has 1 aromatic carbocycles. The molecule has 0 bridgehead atoms. The first-order valence-corrected chi connectivity index (χ1v) is 6.53. The highest BCUT2D eigenvalue weighted by atomic mass is 19.1.